The van der Waals surface area contributed by atoms with E-state index in [2.05, 4.69) is 20.2 Å². The fourth-order valence-electron chi connectivity index (χ4n) is 3.86. The van der Waals surface area contributed by atoms with Crippen LogP contribution in [0.2, 0.25) is 0 Å². The SMILES string of the molecule is COc1ccc(S(=O)(=O)N2CCN(c3ccc(-n4nc(C)c(C)c4C)nn3)CC2)cc1C. The second-order valence-electron chi connectivity index (χ2n) is 7.98. The standard InChI is InChI=1S/C22H28N6O3S/c1-15-14-19(6-7-20(15)31-5)32(29,30)27-12-10-26(11-13-27)21-8-9-22(24-23-21)28-18(4)16(2)17(3)25-28/h6-9,14H,10-13H2,1-5H3. The first-order valence-corrected chi connectivity index (χ1v) is 11.9. The average molecular weight is 457 g/mol. The summed E-state index contributed by atoms with van der Waals surface area (Å²) in [4.78, 5) is 2.34. The van der Waals surface area contributed by atoms with Gasteiger partial charge in [0, 0.05) is 31.9 Å². The molecule has 1 saturated heterocycles. The Bertz CT molecular complexity index is 1230. The minimum atomic E-state index is -3.56. The van der Waals surface area contributed by atoms with E-state index >= 15 is 0 Å². The van der Waals surface area contributed by atoms with Gasteiger partial charge in [0.05, 0.1) is 17.7 Å². The Labute approximate surface area is 188 Å². The van der Waals surface area contributed by atoms with Crippen LogP contribution in [0.15, 0.2) is 35.2 Å². The van der Waals surface area contributed by atoms with Gasteiger partial charge in [-0.05, 0) is 69.2 Å². The zero-order valence-corrected chi connectivity index (χ0v) is 19.8. The first-order valence-electron chi connectivity index (χ1n) is 10.5. The molecule has 9 nitrogen and oxygen atoms in total. The lowest BCUT2D eigenvalue weighted by Gasteiger charge is -2.34. The van der Waals surface area contributed by atoms with Gasteiger partial charge in [-0.1, -0.05) is 0 Å². The van der Waals surface area contributed by atoms with Crippen LogP contribution in [0, 0.1) is 27.7 Å². The Balaban J connectivity index is 1.45. The van der Waals surface area contributed by atoms with E-state index in [1.165, 1.54) is 4.31 Å². The molecule has 0 radical (unpaired) electrons. The molecular weight excluding hydrogens is 428 g/mol. The Hall–Kier alpha value is -2.98. The summed E-state index contributed by atoms with van der Waals surface area (Å²) in [6, 6.07) is 8.75. The largest absolute Gasteiger partial charge is 0.496 e. The molecule has 0 spiro atoms. The number of anilines is 1. The third kappa shape index (κ3) is 3.95. The van der Waals surface area contributed by atoms with E-state index in [-0.39, 0.29) is 4.90 Å². The highest BCUT2D eigenvalue weighted by molar-refractivity contribution is 7.89. The maximum absolute atomic E-state index is 13.1. The summed E-state index contributed by atoms with van der Waals surface area (Å²) in [7, 11) is -1.99. The van der Waals surface area contributed by atoms with Gasteiger partial charge in [-0.3, -0.25) is 0 Å². The molecule has 1 fully saturated rings. The summed E-state index contributed by atoms with van der Waals surface area (Å²) < 4.78 is 34.7. The lowest BCUT2D eigenvalue weighted by atomic mass is 10.2. The predicted molar refractivity (Wildman–Crippen MR) is 122 cm³/mol. The Morgan fingerprint density at radius 2 is 1.56 bits per heavy atom. The number of sulfonamides is 1. The summed E-state index contributed by atoms with van der Waals surface area (Å²) in [6.07, 6.45) is 0. The highest BCUT2D eigenvalue weighted by atomic mass is 32.2. The van der Waals surface area contributed by atoms with Crippen molar-refractivity contribution >= 4 is 15.8 Å². The van der Waals surface area contributed by atoms with Crippen molar-refractivity contribution in [3.8, 4) is 11.6 Å². The molecule has 0 bridgehead atoms. The Morgan fingerprint density at radius 3 is 2.09 bits per heavy atom. The third-order valence-electron chi connectivity index (χ3n) is 6.07. The zero-order valence-electron chi connectivity index (χ0n) is 19.0. The van der Waals surface area contributed by atoms with Crippen molar-refractivity contribution in [2.75, 3.05) is 38.2 Å². The number of benzene rings is 1. The van der Waals surface area contributed by atoms with Crippen molar-refractivity contribution in [3.63, 3.8) is 0 Å². The summed E-state index contributed by atoms with van der Waals surface area (Å²) in [5.41, 5.74) is 3.94. The molecule has 3 heterocycles. The minimum Gasteiger partial charge on any atom is -0.496 e. The third-order valence-corrected chi connectivity index (χ3v) is 7.97. The van der Waals surface area contributed by atoms with E-state index in [1.807, 2.05) is 39.8 Å². The zero-order chi connectivity index (χ0) is 23.0. The lowest BCUT2D eigenvalue weighted by molar-refractivity contribution is 0.383. The number of methoxy groups -OCH3 is 1. The van der Waals surface area contributed by atoms with Crippen LogP contribution < -0.4 is 9.64 Å². The molecule has 4 rings (SSSR count). The molecule has 0 atom stereocenters. The smallest absolute Gasteiger partial charge is 0.243 e. The number of hydrogen-bond acceptors (Lipinski definition) is 7. The number of aromatic nitrogens is 4. The number of ether oxygens (including phenoxy) is 1. The molecule has 170 valence electrons. The van der Waals surface area contributed by atoms with Gasteiger partial charge in [0.25, 0.3) is 0 Å². The van der Waals surface area contributed by atoms with E-state index in [4.69, 9.17) is 4.74 Å². The molecule has 0 saturated carbocycles. The van der Waals surface area contributed by atoms with E-state index in [9.17, 15) is 8.42 Å². The van der Waals surface area contributed by atoms with Gasteiger partial charge in [0.15, 0.2) is 11.6 Å². The summed E-state index contributed by atoms with van der Waals surface area (Å²) in [5, 5.41) is 13.2. The molecule has 10 heteroatoms. The van der Waals surface area contributed by atoms with E-state index < -0.39 is 10.0 Å². The van der Waals surface area contributed by atoms with Crippen LogP contribution in [0.25, 0.3) is 5.82 Å². The molecule has 0 aliphatic carbocycles. The van der Waals surface area contributed by atoms with E-state index in [0.29, 0.717) is 37.7 Å². The molecule has 1 aliphatic heterocycles. The van der Waals surface area contributed by atoms with Crippen molar-refractivity contribution in [1.29, 1.82) is 0 Å². The summed E-state index contributed by atoms with van der Waals surface area (Å²) in [6.45, 7) is 9.71. The van der Waals surface area contributed by atoms with Crippen molar-refractivity contribution < 1.29 is 13.2 Å². The van der Waals surface area contributed by atoms with Crippen LogP contribution in [0.3, 0.4) is 0 Å². The van der Waals surface area contributed by atoms with Crippen LogP contribution in [0.4, 0.5) is 5.82 Å². The highest BCUT2D eigenvalue weighted by Crippen LogP contribution is 2.25. The van der Waals surface area contributed by atoms with E-state index in [1.54, 1.807) is 30.0 Å². The average Bonchev–Trinajstić information content (AvgIpc) is 3.06. The number of piperazine rings is 1. The lowest BCUT2D eigenvalue weighted by Crippen LogP contribution is -2.49. The monoisotopic (exact) mass is 456 g/mol. The Kier molecular flexibility index (Phi) is 5.91. The van der Waals surface area contributed by atoms with Gasteiger partial charge in [-0.2, -0.15) is 9.40 Å². The van der Waals surface area contributed by atoms with Crippen molar-refractivity contribution in [3.05, 3.63) is 52.8 Å². The number of rotatable bonds is 5. The van der Waals surface area contributed by atoms with Gasteiger partial charge in [-0.25, -0.2) is 13.1 Å². The van der Waals surface area contributed by atoms with Gasteiger partial charge >= 0.3 is 0 Å². The van der Waals surface area contributed by atoms with Crippen molar-refractivity contribution in [1.82, 2.24) is 24.3 Å². The van der Waals surface area contributed by atoms with Gasteiger partial charge in [-0.15, -0.1) is 10.2 Å². The van der Waals surface area contributed by atoms with Crippen LogP contribution in [0.1, 0.15) is 22.5 Å². The van der Waals surface area contributed by atoms with Crippen molar-refractivity contribution in [2.45, 2.75) is 32.6 Å². The first-order chi connectivity index (χ1) is 15.2. The molecular formula is C22H28N6O3S. The first kappa shape index (κ1) is 22.2. The topological polar surface area (TPSA) is 93.5 Å². The van der Waals surface area contributed by atoms with Crippen LogP contribution >= 0.6 is 0 Å². The second kappa shape index (κ2) is 8.51. The maximum Gasteiger partial charge on any atom is 0.243 e. The number of nitrogens with zero attached hydrogens (tertiary/aromatic N) is 6. The fourth-order valence-corrected chi connectivity index (χ4v) is 5.37. The number of aryl methyl sites for hydroxylation is 2. The molecule has 0 unspecified atom stereocenters. The van der Waals surface area contributed by atoms with Crippen molar-refractivity contribution in [2.24, 2.45) is 0 Å². The number of hydrogen-bond donors (Lipinski definition) is 0. The second-order valence-corrected chi connectivity index (χ2v) is 9.92. The van der Waals surface area contributed by atoms with Gasteiger partial charge < -0.3 is 9.64 Å². The summed E-state index contributed by atoms with van der Waals surface area (Å²) >= 11 is 0. The fraction of sp³-hybridized carbons (Fsp3) is 0.409. The van der Waals surface area contributed by atoms with Crippen LogP contribution in [-0.4, -0.2) is 66.0 Å². The van der Waals surface area contributed by atoms with Gasteiger partial charge in [0.2, 0.25) is 10.0 Å². The molecule has 2 aromatic heterocycles. The van der Waals surface area contributed by atoms with Gasteiger partial charge in [0.1, 0.15) is 5.75 Å². The van der Waals surface area contributed by atoms with Crippen LogP contribution in [-0.2, 0) is 10.0 Å². The molecule has 0 amide bonds. The highest BCUT2D eigenvalue weighted by Gasteiger charge is 2.29. The maximum atomic E-state index is 13.1. The Morgan fingerprint density at radius 1 is 0.906 bits per heavy atom. The molecule has 0 N–H and O–H groups in total. The minimum absolute atomic E-state index is 0.286. The van der Waals surface area contributed by atoms with Crippen LogP contribution in [0.5, 0.6) is 5.75 Å². The molecule has 3 aromatic rings. The molecule has 1 aliphatic rings. The summed E-state index contributed by atoms with van der Waals surface area (Å²) in [5.74, 6) is 2.06. The van der Waals surface area contributed by atoms with E-state index in [0.717, 1.165) is 28.3 Å². The molecule has 1 aromatic carbocycles. The molecule has 32 heavy (non-hydrogen) atoms. The predicted octanol–water partition coefficient (Wildman–Crippen LogP) is 2.42. The normalized spacial score (nSPS) is 15.2. The quantitative estimate of drug-likeness (QED) is 0.582.